The van der Waals surface area contributed by atoms with Crippen LogP contribution in [0.15, 0.2) is 24.3 Å². The first-order valence-corrected chi connectivity index (χ1v) is 7.88. The highest BCUT2D eigenvalue weighted by Gasteiger charge is 2.32. The van der Waals surface area contributed by atoms with Gasteiger partial charge in [-0.25, -0.2) is 22.0 Å². The number of ether oxygens (including phenoxy) is 2. The fourth-order valence-corrected chi connectivity index (χ4v) is 2.49. The van der Waals surface area contributed by atoms with Crippen LogP contribution in [-0.2, 0) is 9.53 Å². The van der Waals surface area contributed by atoms with Gasteiger partial charge in [-0.2, -0.15) is 0 Å². The van der Waals surface area contributed by atoms with E-state index in [0.29, 0.717) is 0 Å². The smallest absolute Gasteiger partial charge is 0.308 e. The summed E-state index contributed by atoms with van der Waals surface area (Å²) in [5.74, 6) is -11.2. The zero-order valence-electron chi connectivity index (χ0n) is 14.4. The van der Waals surface area contributed by atoms with E-state index in [4.69, 9.17) is 9.47 Å². The number of carbonyl (C=O) groups excluding carboxylic acids is 1. The second-order valence-electron chi connectivity index (χ2n) is 5.39. The molecule has 146 valence electrons. The van der Waals surface area contributed by atoms with Crippen molar-refractivity contribution in [3.05, 3.63) is 58.9 Å². The molecule has 0 aromatic heterocycles. The molecule has 1 N–H and O–H groups in total. The van der Waals surface area contributed by atoms with Gasteiger partial charge >= 0.3 is 5.97 Å². The fraction of sp³-hybridized carbons (Fsp3) is 0.278. The number of rotatable bonds is 7. The molecule has 2 rings (SSSR count). The van der Waals surface area contributed by atoms with Gasteiger partial charge in [-0.1, -0.05) is 12.1 Å². The van der Waals surface area contributed by atoms with Crippen molar-refractivity contribution >= 4 is 11.7 Å². The molecule has 0 saturated heterocycles. The molecule has 1 atom stereocenters. The second-order valence-corrected chi connectivity index (χ2v) is 5.39. The number of anilines is 1. The van der Waals surface area contributed by atoms with Crippen molar-refractivity contribution in [2.75, 3.05) is 19.0 Å². The third kappa shape index (κ3) is 4.29. The molecule has 0 aliphatic heterocycles. The monoisotopic (exact) mass is 389 g/mol. The van der Waals surface area contributed by atoms with Gasteiger partial charge in [0.25, 0.3) is 0 Å². The Balaban J connectivity index is 2.55. The Bertz CT molecular complexity index is 815. The topological polar surface area (TPSA) is 47.6 Å². The first-order valence-electron chi connectivity index (χ1n) is 7.88. The van der Waals surface area contributed by atoms with Crippen LogP contribution in [0.2, 0.25) is 0 Å². The summed E-state index contributed by atoms with van der Waals surface area (Å²) in [5, 5.41) is 2.60. The van der Waals surface area contributed by atoms with Crippen LogP contribution in [0.5, 0.6) is 5.75 Å². The van der Waals surface area contributed by atoms with Gasteiger partial charge in [0, 0.05) is 0 Å². The molecule has 2 aromatic carbocycles. The average molecular weight is 389 g/mol. The highest BCUT2D eigenvalue weighted by atomic mass is 19.2. The number of para-hydroxylation sites is 2. The zero-order chi connectivity index (χ0) is 20.1. The summed E-state index contributed by atoms with van der Waals surface area (Å²) in [6, 6.07) is 4.56. The van der Waals surface area contributed by atoms with E-state index in [0.717, 1.165) is 0 Å². The summed E-state index contributed by atoms with van der Waals surface area (Å²) in [7, 11) is 1.33. The van der Waals surface area contributed by atoms with Crippen LogP contribution in [0.4, 0.5) is 27.6 Å². The summed E-state index contributed by atoms with van der Waals surface area (Å²) >= 11 is 0. The van der Waals surface area contributed by atoms with Crippen molar-refractivity contribution in [3.8, 4) is 5.75 Å². The Morgan fingerprint density at radius 3 is 2.11 bits per heavy atom. The predicted molar refractivity (Wildman–Crippen MR) is 86.8 cm³/mol. The van der Waals surface area contributed by atoms with E-state index in [2.05, 4.69) is 5.32 Å². The van der Waals surface area contributed by atoms with E-state index in [9.17, 15) is 26.7 Å². The molecular formula is C18H16F5NO3. The third-order valence-corrected chi connectivity index (χ3v) is 3.71. The lowest BCUT2D eigenvalue weighted by atomic mass is 10.0. The summed E-state index contributed by atoms with van der Waals surface area (Å²) in [6.45, 7) is 1.50. The van der Waals surface area contributed by atoms with Crippen molar-refractivity contribution in [1.82, 2.24) is 0 Å². The Labute approximate surface area is 151 Å². The van der Waals surface area contributed by atoms with Gasteiger partial charge in [0.15, 0.2) is 23.3 Å². The Morgan fingerprint density at radius 1 is 1.00 bits per heavy atom. The zero-order valence-corrected chi connectivity index (χ0v) is 14.4. The lowest BCUT2D eigenvalue weighted by Gasteiger charge is -2.22. The number of hydrogen-bond acceptors (Lipinski definition) is 4. The minimum absolute atomic E-state index is 0.0166. The summed E-state index contributed by atoms with van der Waals surface area (Å²) in [5.41, 5.74) is -0.969. The molecule has 9 heteroatoms. The number of esters is 1. The highest BCUT2D eigenvalue weighted by molar-refractivity contribution is 5.72. The maximum atomic E-state index is 14.2. The number of nitrogens with one attached hydrogen (secondary N) is 1. The van der Waals surface area contributed by atoms with Gasteiger partial charge in [-0.15, -0.1) is 0 Å². The Morgan fingerprint density at radius 2 is 1.56 bits per heavy atom. The SMILES string of the molecule is CCOC(=O)C[C@@H](Nc1ccccc1OC)c1c(F)c(F)c(F)c(F)c1F. The van der Waals surface area contributed by atoms with E-state index in [-0.39, 0.29) is 18.0 Å². The van der Waals surface area contributed by atoms with Gasteiger partial charge in [0.05, 0.1) is 37.4 Å². The van der Waals surface area contributed by atoms with Crippen LogP contribution >= 0.6 is 0 Å². The molecule has 0 bridgehead atoms. The van der Waals surface area contributed by atoms with Crippen LogP contribution in [-0.4, -0.2) is 19.7 Å². The quantitative estimate of drug-likeness (QED) is 0.328. The number of carbonyl (C=O) groups is 1. The van der Waals surface area contributed by atoms with Crippen molar-refractivity contribution in [2.24, 2.45) is 0 Å². The standard InChI is InChI=1S/C18H16F5NO3/c1-3-27-12(25)8-10(24-9-6-4-5-7-11(9)26-2)13-14(19)16(21)18(23)17(22)15(13)20/h4-7,10,24H,3,8H2,1-2H3/t10-/m1/s1. The minimum Gasteiger partial charge on any atom is -0.495 e. The Hall–Kier alpha value is -2.84. The van der Waals surface area contributed by atoms with Crippen LogP contribution in [0, 0.1) is 29.1 Å². The molecule has 4 nitrogen and oxygen atoms in total. The molecule has 27 heavy (non-hydrogen) atoms. The molecule has 0 radical (unpaired) electrons. The molecule has 0 aliphatic carbocycles. The normalized spacial score (nSPS) is 11.8. The van der Waals surface area contributed by atoms with Crippen LogP contribution in [0.25, 0.3) is 0 Å². The van der Waals surface area contributed by atoms with Crippen molar-refractivity contribution < 1.29 is 36.2 Å². The molecule has 0 saturated carbocycles. The predicted octanol–water partition coefficient (Wildman–Crippen LogP) is 4.50. The molecule has 0 aliphatic rings. The van der Waals surface area contributed by atoms with Crippen molar-refractivity contribution in [3.63, 3.8) is 0 Å². The highest BCUT2D eigenvalue weighted by Crippen LogP contribution is 2.34. The Kier molecular flexibility index (Phi) is 6.59. The maximum Gasteiger partial charge on any atom is 0.308 e. The molecule has 0 unspecified atom stereocenters. The minimum atomic E-state index is -2.28. The molecule has 0 heterocycles. The van der Waals surface area contributed by atoms with Gasteiger partial charge in [-0.3, -0.25) is 4.79 Å². The lowest BCUT2D eigenvalue weighted by Crippen LogP contribution is -2.22. The summed E-state index contributed by atoms with van der Waals surface area (Å²) in [6.07, 6.45) is -0.676. The van der Waals surface area contributed by atoms with E-state index in [1.165, 1.54) is 26.2 Å². The number of benzene rings is 2. The number of halogens is 5. The van der Waals surface area contributed by atoms with Crippen molar-refractivity contribution in [2.45, 2.75) is 19.4 Å². The van der Waals surface area contributed by atoms with Crippen LogP contribution in [0.1, 0.15) is 24.9 Å². The molecule has 2 aromatic rings. The molecule has 0 amide bonds. The van der Waals surface area contributed by atoms with Gasteiger partial charge in [0.2, 0.25) is 5.82 Å². The number of methoxy groups -OCH3 is 1. The summed E-state index contributed by atoms with van der Waals surface area (Å²) < 4.78 is 78.8. The van der Waals surface area contributed by atoms with Crippen molar-refractivity contribution in [1.29, 1.82) is 0 Å². The van der Waals surface area contributed by atoms with Crippen LogP contribution in [0.3, 0.4) is 0 Å². The third-order valence-electron chi connectivity index (χ3n) is 3.71. The van der Waals surface area contributed by atoms with Gasteiger partial charge in [-0.05, 0) is 19.1 Å². The first kappa shape index (κ1) is 20.5. The fourth-order valence-electron chi connectivity index (χ4n) is 2.49. The van der Waals surface area contributed by atoms with E-state index in [1.54, 1.807) is 12.1 Å². The van der Waals surface area contributed by atoms with Gasteiger partial charge in [0.1, 0.15) is 5.75 Å². The second kappa shape index (κ2) is 8.70. The van der Waals surface area contributed by atoms with E-state index >= 15 is 0 Å². The van der Waals surface area contributed by atoms with E-state index < -0.39 is 53.1 Å². The number of hydrogen-bond donors (Lipinski definition) is 1. The first-order chi connectivity index (χ1) is 12.8. The average Bonchev–Trinajstić information content (AvgIpc) is 2.65. The van der Waals surface area contributed by atoms with E-state index in [1.807, 2.05) is 0 Å². The summed E-state index contributed by atoms with van der Waals surface area (Å²) in [4.78, 5) is 11.8. The molecule has 0 spiro atoms. The maximum absolute atomic E-state index is 14.2. The van der Waals surface area contributed by atoms with Crippen LogP contribution < -0.4 is 10.1 Å². The largest absolute Gasteiger partial charge is 0.495 e. The van der Waals surface area contributed by atoms with Gasteiger partial charge < -0.3 is 14.8 Å². The molecule has 0 fully saturated rings. The lowest BCUT2D eigenvalue weighted by molar-refractivity contribution is -0.143. The molecular weight excluding hydrogens is 373 g/mol.